The Morgan fingerprint density at radius 1 is 1.42 bits per heavy atom. The first-order valence-electron chi connectivity index (χ1n) is 6.53. The van der Waals surface area contributed by atoms with Gasteiger partial charge < -0.3 is 21.3 Å². The average Bonchev–Trinajstić information content (AvgIpc) is 2.31. The highest BCUT2D eigenvalue weighted by Gasteiger charge is 2.09. The highest BCUT2D eigenvalue weighted by molar-refractivity contribution is 5.96. The number of nitrogens with one attached hydrogen (secondary N) is 2. The smallest absolute Gasteiger partial charge is 0.251 e. The maximum Gasteiger partial charge on any atom is 0.251 e. The van der Waals surface area contributed by atoms with E-state index in [0.717, 1.165) is 12.2 Å². The fraction of sp³-hybridized carbons (Fsp3) is 0.500. The van der Waals surface area contributed by atoms with Crippen molar-refractivity contribution in [3.05, 3.63) is 23.8 Å². The molecule has 5 heteroatoms. The minimum Gasteiger partial charge on any atom is -0.397 e. The Morgan fingerprint density at radius 3 is 2.63 bits per heavy atom. The molecule has 0 spiro atoms. The molecule has 1 rings (SSSR count). The molecular weight excluding hydrogens is 240 g/mol. The van der Waals surface area contributed by atoms with E-state index < -0.39 is 0 Å². The summed E-state index contributed by atoms with van der Waals surface area (Å²) in [5, 5.41) is 6.10. The van der Waals surface area contributed by atoms with Crippen molar-refractivity contribution >= 4 is 17.3 Å². The molecule has 0 radical (unpaired) electrons. The van der Waals surface area contributed by atoms with Crippen molar-refractivity contribution in [3.63, 3.8) is 0 Å². The first kappa shape index (κ1) is 15.3. The Bertz CT molecular complexity index is 431. The van der Waals surface area contributed by atoms with Crippen LogP contribution in [0.3, 0.4) is 0 Å². The van der Waals surface area contributed by atoms with Crippen molar-refractivity contribution < 1.29 is 4.79 Å². The summed E-state index contributed by atoms with van der Waals surface area (Å²) < 4.78 is 0. The Balaban J connectivity index is 2.74. The number of amides is 1. The van der Waals surface area contributed by atoms with E-state index in [2.05, 4.69) is 22.5 Å². The SMILES string of the molecule is CCNC(=O)c1ccc(NC(C)CN(C)C)c(N)c1. The molecule has 5 nitrogen and oxygen atoms in total. The third-order valence-electron chi connectivity index (χ3n) is 2.69. The van der Waals surface area contributed by atoms with Crippen LogP contribution in [0.5, 0.6) is 0 Å². The fourth-order valence-corrected chi connectivity index (χ4v) is 1.96. The molecule has 0 bridgehead atoms. The third-order valence-corrected chi connectivity index (χ3v) is 2.69. The third kappa shape index (κ3) is 4.79. The number of nitrogen functional groups attached to an aromatic ring is 1. The minimum absolute atomic E-state index is 0.0953. The molecular formula is C14H24N4O. The van der Waals surface area contributed by atoms with E-state index in [0.29, 0.717) is 17.8 Å². The summed E-state index contributed by atoms with van der Waals surface area (Å²) in [6.07, 6.45) is 0. The molecule has 0 aromatic heterocycles. The normalized spacial score (nSPS) is 12.3. The number of nitrogens with two attached hydrogens (primary N) is 1. The number of hydrogen-bond acceptors (Lipinski definition) is 4. The van der Waals surface area contributed by atoms with Crippen LogP contribution in [0.15, 0.2) is 18.2 Å². The first-order chi connectivity index (χ1) is 8.93. The van der Waals surface area contributed by atoms with Crippen LogP contribution >= 0.6 is 0 Å². The number of benzene rings is 1. The molecule has 1 amide bonds. The zero-order valence-electron chi connectivity index (χ0n) is 12.2. The maximum atomic E-state index is 11.7. The maximum absolute atomic E-state index is 11.7. The number of rotatable bonds is 6. The Kier molecular flexibility index (Phi) is 5.63. The second kappa shape index (κ2) is 6.99. The predicted octanol–water partition coefficient (Wildman–Crippen LogP) is 1.38. The van der Waals surface area contributed by atoms with Gasteiger partial charge in [-0.2, -0.15) is 0 Å². The molecule has 1 aromatic carbocycles. The van der Waals surface area contributed by atoms with Gasteiger partial charge in [-0.15, -0.1) is 0 Å². The fourth-order valence-electron chi connectivity index (χ4n) is 1.96. The zero-order chi connectivity index (χ0) is 14.4. The van der Waals surface area contributed by atoms with Crippen LogP contribution in [0.4, 0.5) is 11.4 Å². The largest absolute Gasteiger partial charge is 0.397 e. The molecule has 0 saturated carbocycles. The summed E-state index contributed by atoms with van der Waals surface area (Å²) in [6, 6.07) is 5.63. The molecule has 19 heavy (non-hydrogen) atoms. The highest BCUT2D eigenvalue weighted by Crippen LogP contribution is 2.20. The first-order valence-corrected chi connectivity index (χ1v) is 6.53. The van der Waals surface area contributed by atoms with Gasteiger partial charge in [0.25, 0.3) is 5.91 Å². The summed E-state index contributed by atoms with van der Waals surface area (Å²) >= 11 is 0. The van der Waals surface area contributed by atoms with Crippen LogP contribution in [0.2, 0.25) is 0 Å². The van der Waals surface area contributed by atoms with Crippen LogP contribution in [0, 0.1) is 0 Å². The summed E-state index contributed by atoms with van der Waals surface area (Å²) in [5.74, 6) is -0.0953. The van der Waals surface area contributed by atoms with E-state index in [9.17, 15) is 4.79 Å². The van der Waals surface area contributed by atoms with Crippen LogP contribution < -0.4 is 16.4 Å². The lowest BCUT2D eigenvalue weighted by Crippen LogP contribution is -2.30. The van der Waals surface area contributed by atoms with Gasteiger partial charge in [-0.3, -0.25) is 4.79 Å². The second-order valence-corrected chi connectivity index (χ2v) is 4.97. The number of likely N-dealkylation sites (N-methyl/N-ethyl adjacent to an activating group) is 1. The lowest BCUT2D eigenvalue weighted by Gasteiger charge is -2.20. The molecule has 0 fully saturated rings. The Labute approximate surface area is 115 Å². The van der Waals surface area contributed by atoms with Gasteiger partial charge in [-0.1, -0.05) is 0 Å². The number of hydrogen-bond donors (Lipinski definition) is 3. The van der Waals surface area contributed by atoms with Crippen LogP contribution in [0.25, 0.3) is 0 Å². The number of carbonyl (C=O) groups is 1. The molecule has 0 heterocycles. The lowest BCUT2D eigenvalue weighted by atomic mass is 10.1. The topological polar surface area (TPSA) is 70.4 Å². The molecule has 0 aliphatic rings. The minimum atomic E-state index is -0.0953. The molecule has 0 aliphatic heterocycles. The zero-order valence-corrected chi connectivity index (χ0v) is 12.2. The predicted molar refractivity (Wildman–Crippen MR) is 80.5 cm³/mol. The lowest BCUT2D eigenvalue weighted by molar-refractivity contribution is 0.0956. The van der Waals surface area contributed by atoms with Gasteiger partial charge in [-0.05, 0) is 46.1 Å². The molecule has 4 N–H and O–H groups in total. The standard InChI is InChI=1S/C14H24N4O/c1-5-16-14(19)11-6-7-13(12(15)8-11)17-10(2)9-18(3)4/h6-8,10,17H,5,9,15H2,1-4H3,(H,16,19). The van der Waals surface area contributed by atoms with Crippen molar-refractivity contribution in [1.29, 1.82) is 0 Å². The van der Waals surface area contributed by atoms with Gasteiger partial charge in [0.1, 0.15) is 0 Å². The molecule has 1 atom stereocenters. The van der Waals surface area contributed by atoms with E-state index >= 15 is 0 Å². The quantitative estimate of drug-likeness (QED) is 0.679. The summed E-state index contributed by atoms with van der Waals surface area (Å²) in [7, 11) is 4.06. The van der Waals surface area contributed by atoms with Gasteiger partial charge in [0.05, 0.1) is 11.4 Å². The molecule has 0 saturated heterocycles. The van der Waals surface area contributed by atoms with Gasteiger partial charge in [0.15, 0.2) is 0 Å². The van der Waals surface area contributed by atoms with Crippen molar-refractivity contribution in [3.8, 4) is 0 Å². The van der Waals surface area contributed by atoms with E-state index in [1.807, 2.05) is 27.1 Å². The molecule has 1 aromatic rings. The Hall–Kier alpha value is -1.75. The van der Waals surface area contributed by atoms with E-state index in [1.165, 1.54) is 0 Å². The average molecular weight is 264 g/mol. The van der Waals surface area contributed by atoms with Gasteiger partial charge in [-0.25, -0.2) is 0 Å². The number of carbonyl (C=O) groups excluding carboxylic acids is 1. The summed E-state index contributed by atoms with van der Waals surface area (Å²) in [4.78, 5) is 13.8. The number of anilines is 2. The van der Waals surface area contributed by atoms with Crippen molar-refractivity contribution in [1.82, 2.24) is 10.2 Å². The molecule has 106 valence electrons. The highest BCUT2D eigenvalue weighted by atomic mass is 16.1. The van der Waals surface area contributed by atoms with E-state index in [-0.39, 0.29) is 11.9 Å². The van der Waals surface area contributed by atoms with Gasteiger partial charge >= 0.3 is 0 Å². The van der Waals surface area contributed by atoms with E-state index in [4.69, 9.17) is 5.73 Å². The monoisotopic (exact) mass is 264 g/mol. The van der Waals surface area contributed by atoms with Crippen molar-refractivity contribution in [2.45, 2.75) is 19.9 Å². The second-order valence-electron chi connectivity index (χ2n) is 4.97. The molecule has 1 unspecified atom stereocenters. The summed E-state index contributed by atoms with van der Waals surface area (Å²) in [5.41, 5.74) is 8.02. The van der Waals surface area contributed by atoms with Crippen molar-refractivity contribution in [2.75, 3.05) is 38.2 Å². The molecule has 0 aliphatic carbocycles. The van der Waals surface area contributed by atoms with Gasteiger partial charge in [0.2, 0.25) is 0 Å². The van der Waals surface area contributed by atoms with Crippen LogP contribution in [0.1, 0.15) is 24.2 Å². The van der Waals surface area contributed by atoms with Crippen molar-refractivity contribution in [2.24, 2.45) is 0 Å². The van der Waals surface area contributed by atoms with Crippen LogP contribution in [-0.2, 0) is 0 Å². The summed E-state index contributed by atoms with van der Waals surface area (Å²) in [6.45, 7) is 5.51. The van der Waals surface area contributed by atoms with E-state index in [1.54, 1.807) is 12.1 Å². The number of nitrogens with zero attached hydrogens (tertiary/aromatic N) is 1. The van der Waals surface area contributed by atoms with Crippen LogP contribution in [-0.4, -0.2) is 44.0 Å². The van der Waals surface area contributed by atoms with Gasteiger partial charge in [0, 0.05) is 24.7 Å². The Morgan fingerprint density at radius 2 is 2.11 bits per heavy atom.